The molecule has 0 fully saturated rings. The van der Waals surface area contributed by atoms with Crippen LogP contribution in [0.25, 0.3) is 0 Å². The molecule has 19 heavy (non-hydrogen) atoms. The Morgan fingerprint density at radius 2 is 2.00 bits per heavy atom. The second kappa shape index (κ2) is 4.46. The second-order valence-electron chi connectivity index (χ2n) is 4.69. The number of fused-ring (bicyclic) bond motifs is 1. The summed E-state index contributed by atoms with van der Waals surface area (Å²) in [6, 6.07) is 10.6. The molecule has 0 aromatic heterocycles. The lowest BCUT2D eigenvalue weighted by Gasteiger charge is -2.19. The van der Waals surface area contributed by atoms with E-state index < -0.39 is 0 Å². The van der Waals surface area contributed by atoms with Gasteiger partial charge < -0.3 is 4.90 Å². The van der Waals surface area contributed by atoms with Crippen molar-refractivity contribution in [3.05, 3.63) is 63.4 Å². The lowest BCUT2D eigenvalue weighted by atomic mass is 10.1. The molecule has 0 atom stereocenters. The molecule has 2 nitrogen and oxygen atoms in total. The number of benzene rings is 2. The monoisotopic (exact) mass is 318 g/mol. The molecule has 1 aliphatic heterocycles. The molecule has 0 unspecified atom stereocenters. The summed E-state index contributed by atoms with van der Waals surface area (Å²) >= 11 is 3.53. The molecule has 1 heterocycles. The van der Waals surface area contributed by atoms with Crippen LogP contribution in [0.15, 0.2) is 40.9 Å². The number of rotatable bonds is 1. The van der Waals surface area contributed by atoms with E-state index in [1.807, 2.05) is 30.0 Å². The second-order valence-corrected chi connectivity index (χ2v) is 5.55. The van der Waals surface area contributed by atoms with Gasteiger partial charge in [0.15, 0.2) is 0 Å². The topological polar surface area (TPSA) is 27.1 Å². The highest BCUT2D eigenvalue weighted by atomic mass is 79.9. The van der Waals surface area contributed by atoms with Gasteiger partial charge in [0.2, 0.25) is 0 Å². The molecule has 2 aromatic rings. The van der Waals surface area contributed by atoms with Crippen LogP contribution in [0.5, 0.6) is 0 Å². The van der Waals surface area contributed by atoms with Crippen molar-refractivity contribution >= 4 is 27.5 Å². The molecule has 0 amide bonds. The Morgan fingerprint density at radius 3 is 2.74 bits per heavy atom. The number of nitrogens with zero attached hydrogens (tertiary/aromatic N) is 1. The third-order valence-electron chi connectivity index (χ3n) is 3.32. The highest BCUT2D eigenvalue weighted by molar-refractivity contribution is 9.10. The maximum Gasteiger partial charge on any atom is 0.133 e. The Labute approximate surface area is 119 Å². The minimum atomic E-state index is -0.298. The predicted octanol–water partition coefficient (Wildman–Crippen LogP) is 4.24. The number of hydrogen-bond donors (Lipinski definition) is 1. The van der Waals surface area contributed by atoms with Gasteiger partial charge in [-0.2, -0.15) is 0 Å². The first-order chi connectivity index (χ1) is 9.06. The minimum Gasteiger partial charge on any atom is -0.321 e. The molecule has 0 aliphatic carbocycles. The van der Waals surface area contributed by atoms with Crippen LogP contribution in [-0.2, 0) is 6.54 Å². The van der Waals surface area contributed by atoms with E-state index in [1.165, 1.54) is 12.1 Å². The van der Waals surface area contributed by atoms with Crippen molar-refractivity contribution in [1.82, 2.24) is 0 Å². The highest BCUT2D eigenvalue weighted by Gasteiger charge is 2.26. The molecule has 3 rings (SSSR count). The molecule has 96 valence electrons. The number of hydrogen-bond acceptors (Lipinski definition) is 1. The van der Waals surface area contributed by atoms with Gasteiger partial charge in [-0.25, -0.2) is 4.39 Å². The largest absolute Gasteiger partial charge is 0.321 e. The number of halogens is 2. The fourth-order valence-corrected chi connectivity index (χ4v) is 3.05. The third kappa shape index (κ3) is 2.06. The summed E-state index contributed by atoms with van der Waals surface area (Å²) in [5.41, 5.74) is 3.75. The zero-order chi connectivity index (χ0) is 13.6. The van der Waals surface area contributed by atoms with Gasteiger partial charge in [0.25, 0.3) is 0 Å². The summed E-state index contributed by atoms with van der Waals surface area (Å²) in [5.74, 6) is 0.0485. The average Bonchev–Trinajstić information content (AvgIpc) is 2.67. The fourth-order valence-electron chi connectivity index (χ4n) is 2.34. The Bertz CT molecular complexity index is 682. The Morgan fingerprint density at radius 1 is 1.21 bits per heavy atom. The fraction of sp³-hybridized carbons (Fsp3) is 0.133. The summed E-state index contributed by atoms with van der Waals surface area (Å²) in [4.78, 5) is 1.88. The number of aryl methyl sites for hydroxylation is 1. The summed E-state index contributed by atoms with van der Waals surface area (Å²) in [6.45, 7) is 2.63. The van der Waals surface area contributed by atoms with Crippen molar-refractivity contribution in [2.24, 2.45) is 0 Å². The molecule has 1 N–H and O–H groups in total. The number of anilines is 1. The Balaban J connectivity index is 2.04. The van der Waals surface area contributed by atoms with Gasteiger partial charge in [-0.05, 0) is 58.2 Å². The van der Waals surface area contributed by atoms with E-state index in [1.54, 1.807) is 6.07 Å². The average molecular weight is 319 g/mol. The zero-order valence-electron chi connectivity index (χ0n) is 10.4. The molecule has 0 saturated heterocycles. The SMILES string of the molecule is Cc1ccc(N2Cc3ccc(F)cc3C2=N)c(Br)c1. The molecule has 4 heteroatoms. The van der Waals surface area contributed by atoms with Crippen molar-refractivity contribution in [2.45, 2.75) is 13.5 Å². The van der Waals surface area contributed by atoms with Gasteiger partial charge in [0, 0.05) is 10.0 Å². The normalized spacial score (nSPS) is 13.8. The van der Waals surface area contributed by atoms with Crippen LogP contribution in [0.1, 0.15) is 16.7 Å². The zero-order valence-corrected chi connectivity index (χ0v) is 12.0. The summed E-state index contributed by atoms with van der Waals surface area (Å²) < 4.78 is 14.2. The number of nitrogens with one attached hydrogen (secondary N) is 1. The van der Waals surface area contributed by atoms with Crippen LogP contribution in [0, 0.1) is 18.2 Å². The van der Waals surface area contributed by atoms with Crippen molar-refractivity contribution in [1.29, 1.82) is 5.41 Å². The lowest BCUT2D eigenvalue weighted by Crippen LogP contribution is -2.23. The minimum absolute atomic E-state index is 0.298. The van der Waals surface area contributed by atoms with E-state index >= 15 is 0 Å². The van der Waals surface area contributed by atoms with Gasteiger partial charge >= 0.3 is 0 Å². The summed E-state index contributed by atoms with van der Waals surface area (Å²) in [5, 5.41) is 8.21. The summed E-state index contributed by atoms with van der Waals surface area (Å²) in [7, 11) is 0. The van der Waals surface area contributed by atoms with Crippen molar-refractivity contribution < 1.29 is 4.39 Å². The van der Waals surface area contributed by atoms with Gasteiger partial charge in [-0.15, -0.1) is 0 Å². The maximum atomic E-state index is 13.3. The molecular formula is C15H12BrFN2. The van der Waals surface area contributed by atoms with Crippen LogP contribution in [0.3, 0.4) is 0 Å². The van der Waals surface area contributed by atoms with E-state index in [4.69, 9.17) is 5.41 Å². The van der Waals surface area contributed by atoms with Crippen molar-refractivity contribution in [3.63, 3.8) is 0 Å². The standard InChI is InChI=1S/C15H12BrFN2/c1-9-2-5-14(13(16)6-9)19-8-10-3-4-11(17)7-12(10)15(19)18/h2-7,18H,8H2,1H3. The van der Waals surface area contributed by atoms with Crippen LogP contribution in [0.4, 0.5) is 10.1 Å². The van der Waals surface area contributed by atoms with Gasteiger partial charge in [-0.3, -0.25) is 5.41 Å². The van der Waals surface area contributed by atoms with E-state index in [2.05, 4.69) is 15.9 Å². The van der Waals surface area contributed by atoms with Gasteiger partial charge in [0.1, 0.15) is 11.7 Å². The first-order valence-electron chi connectivity index (χ1n) is 5.97. The molecule has 0 bridgehead atoms. The number of amidine groups is 1. The van der Waals surface area contributed by atoms with Crippen molar-refractivity contribution in [3.8, 4) is 0 Å². The molecule has 1 aliphatic rings. The quantitative estimate of drug-likeness (QED) is 0.836. The Kier molecular flexibility index (Phi) is 2.90. The lowest BCUT2D eigenvalue weighted by molar-refractivity contribution is 0.627. The third-order valence-corrected chi connectivity index (χ3v) is 3.95. The maximum absolute atomic E-state index is 13.3. The first-order valence-corrected chi connectivity index (χ1v) is 6.76. The van der Waals surface area contributed by atoms with E-state index in [0.717, 1.165) is 21.3 Å². The smallest absolute Gasteiger partial charge is 0.133 e. The van der Waals surface area contributed by atoms with Crippen LogP contribution < -0.4 is 4.90 Å². The molecule has 0 spiro atoms. The van der Waals surface area contributed by atoms with Gasteiger partial charge in [0.05, 0.1) is 12.2 Å². The highest BCUT2D eigenvalue weighted by Crippen LogP contribution is 2.34. The molecule has 0 saturated carbocycles. The first kappa shape index (κ1) is 12.4. The summed E-state index contributed by atoms with van der Waals surface area (Å²) in [6.07, 6.45) is 0. The van der Waals surface area contributed by atoms with Crippen LogP contribution in [-0.4, -0.2) is 5.84 Å². The van der Waals surface area contributed by atoms with Crippen molar-refractivity contribution in [2.75, 3.05) is 4.90 Å². The molecule has 0 radical (unpaired) electrons. The van der Waals surface area contributed by atoms with Gasteiger partial charge in [-0.1, -0.05) is 12.1 Å². The predicted molar refractivity (Wildman–Crippen MR) is 78.3 cm³/mol. The van der Waals surface area contributed by atoms with Crippen LogP contribution in [0.2, 0.25) is 0 Å². The molecule has 2 aromatic carbocycles. The Hall–Kier alpha value is -1.68. The molecular weight excluding hydrogens is 307 g/mol. The van der Waals surface area contributed by atoms with E-state index in [-0.39, 0.29) is 5.82 Å². The van der Waals surface area contributed by atoms with E-state index in [9.17, 15) is 4.39 Å². The van der Waals surface area contributed by atoms with E-state index in [0.29, 0.717) is 17.9 Å². The van der Waals surface area contributed by atoms with Crippen LogP contribution >= 0.6 is 15.9 Å².